The molecule has 106 valence electrons. The van der Waals surface area contributed by atoms with Crippen LogP contribution in [0.15, 0.2) is 23.2 Å². The molecule has 0 aliphatic carbocycles. The van der Waals surface area contributed by atoms with Crippen molar-refractivity contribution < 1.29 is 8.78 Å². The Morgan fingerprint density at radius 3 is 2.47 bits per heavy atom. The highest BCUT2D eigenvalue weighted by atomic mass is 19.1. The quantitative estimate of drug-likeness (QED) is 0.615. The number of aliphatic imine (C=N–C) groups is 1. The van der Waals surface area contributed by atoms with Crippen molar-refractivity contribution in [2.75, 3.05) is 13.1 Å². The summed E-state index contributed by atoms with van der Waals surface area (Å²) in [5.41, 5.74) is 6.27. The maximum absolute atomic E-state index is 12.9. The zero-order chi connectivity index (χ0) is 14.3. The van der Waals surface area contributed by atoms with E-state index in [1.165, 1.54) is 12.1 Å². The molecule has 1 aromatic rings. The van der Waals surface area contributed by atoms with Crippen LogP contribution in [0.1, 0.15) is 25.8 Å². The van der Waals surface area contributed by atoms with Crippen LogP contribution >= 0.6 is 0 Å². The van der Waals surface area contributed by atoms with Gasteiger partial charge in [0, 0.05) is 19.2 Å². The summed E-state index contributed by atoms with van der Waals surface area (Å²) in [6, 6.07) is 3.49. The van der Waals surface area contributed by atoms with E-state index in [0.717, 1.165) is 12.5 Å². The molecule has 0 heterocycles. The topological polar surface area (TPSA) is 50.4 Å². The number of nitrogens with one attached hydrogen (secondary N) is 1. The highest BCUT2D eigenvalue weighted by Crippen LogP contribution is 2.08. The van der Waals surface area contributed by atoms with Crippen LogP contribution in [0, 0.1) is 17.6 Å². The predicted octanol–water partition coefficient (Wildman–Crippen LogP) is 2.46. The number of rotatable bonds is 6. The summed E-state index contributed by atoms with van der Waals surface area (Å²) in [4.78, 5) is 4.17. The number of nitrogens with two attached hydrogens (primary N) is 1. The zero-order valence-electron chi connectivity index (χ0n) is 11.4. The van der Waals surface area contributed by atoms with Gasteiger partial charge in [-0.15, -0.1) is 0 Å². The van der Waals surface area contributed by atoms with Crippen molar-refractivity contribution in [3.05, 3.63) is 35.4 Å². The predicted molar refractivity (Wildman–Crippen MR) is 74.0 cm³/mol. The average molecular weight is 269 g/mol. The van der Waals surface area contributed by atoms with Crippen molar-refractivity contribution in [3.8, 4) is 0 Å². The molecular weight excluding hydrogens is 248 g/mol. The zero-order valence-corrected chi connectivity index (χ0v) is 11.4. The van der Waals surface area contributed by atoms with Crippen molar-refractivity contribution in [1.29, 1.82) is 0 Å². The van der Waals surface area contributed by atoms with Gasteiger partial charge in [-0.25, -0.2) is 8.78 Å². The van der Waals surface area contributed by atoms with E-state index in [1.54, 1.807) is 0 Å². The molecule has 19 heavy (non-hydrogen) atoms. The van der Waals surface area contributed by atoms with Gasteiger partial charge < -0.3 is 11.1 Å². The van der Waals surface area contributed by atoms with Gasteiger partial charge in [-0.05, 0) is 36.5 Å². The van der Waals surface area contributed by atoms with Gasteiger partial charge >= 0.3 is 0 Å². The minimum Gasteiger partial charge on any atom is -0.370 e. The first-order valence-corrected chi connectivity index (χ1v) is 6.46. The fourth-order valence-corrected chi connectivity index (χ4v) is 1.59. The van der Waals surface area contributed by atoms with E-state index in [2.05, 4.69) is 24.2 Å². The number of hydrogen-bond acceptors (Lipinski definition) is 1. The maximum atomic E-state index is 12.9. The van der Waals surface area contributed by atoms with Gasteiger partial charge in [-0.2, -0.15) is 0 Å². The number of halogens is 2. The molecule has 0 saturated carbocycles. The van der Waals surface area contributed by atoms with Gasteiger partial charge in [-0.3, -0.25) is 4.99 Å². The van der Waals surface area contributed by atoms with Gasteiger partial charge in [0.1, 0.15) is 11.6 Å². The minimum atomic E-state index is -0.562. The summed E-state index contributed by atoms with van der Waals surface area (Å²) in [6.45, 7) is 5.43. The highest BCUT2D eigenvalue weighted by molar-refractivity contribution is 5.77. The number of guanidine groups is 1. The summed E-state index contributed by atoms with van der Waals surface area (Å²) in [6.07, 6.45) is 1.48. The fraction of sp³-hybridized carbons (Fsp3) is 0.500. The van der Waals surface area contributed by atoms with Crippen LogP contribution in [0.5, 0.6) is 0 Å². The summed E-state index contributed by atoms with van der Waals surface area (Å²) in [5, 5.41) is 2.93. The van der Waals surface area contributed by atoms with Crippen molar-refractivity contribution in [2.24, 2.45) is 16.6 Å². The summed E-state index contributed by atoms with van der Waals surface area (Å²) < 4.78 is 25.9. The van der Waals surface area contributed by atoms with Crippen LogP contribution < -0.4 is 11.1 Å². The lowest BCUT2D eigenvalue weighted by Crippen LogP contribution is -2.33. The van der Waals surface area contributed by atoms with Crippen LogP contribution in [0.25, 0.3) is 0 Å². The molecule has 0 amide bonds. The maximum Gasteiger partial charge on any atom is 0.188 e. The van der Waals surface area contributed by atoms with Crippen LogP contribution in [0.2, 0.25) is 0 Å². The summed E-state index contributed by atoms with van der Waals surface area (Å²) in [7, 11) is 0. The molecule has 0 unspecified atom stereocenters. The highest BCUT2D eigenvalue weighted by Gasteiger charge is 2.01. The van der Waals surface area contributed by atoms with Gasteiger partial charge in [0.15, 0.2) is 5.96 Å². The molecule has 5 heteroatoms. The third kappa shape index (κ3) is 6.74. The molecule has 1 aromatic carbocycles. The van der Waals surface area contributed by atoms with Crippen molar-refractivity contribution in [1.82, 2.24) is 5.32 Å². The fourth-order valence-electron chi connectivity index (χ4n) is 1.59. The van der Waals surface area contributed by atoms with Gasteiger partial charge in [0.2, 0.25) is 0 Å². The van der Waals surface area contributed by atoms with Crippen LogP contribution in [-0.2, 0) is 6.42 Å². The Bertz CT molecular complexity index is 410. The van der Waals surface area contributed by atoms with E-state index >= 15 is 0 Å². The van der Waals surface area contributed by atoms with Crippen molar-refractivity contribution in [2.45, 2.75) is 26.7 Å². The molecule has 0 aromatic heterocycles. The summed E-state index contributed by atoms with van der Waals surface area (Å²) in [5.74, 6) is -0.161. The molecule has 0 atom stereocenters. The second-order valence-electron chi connectivity index (χ2n) is 4.90. The number of benzene rings is 1. The van der Waals surface area contributed by atoms with E-state index < -0.39 is 11.6 Å². The summed E-state index contributed by atoms with van der Waals surface area (Å²) >= 11 is 0. The first-order valence-electron chi connectivity index (χ1n) is 6.46. The Kier molecular flexibility index (Phi) is 6.25. The number of nitrogens with zero attached hydrogens (tertiary/aromatic N) is 1. The molecule has 0 spiro atoms. The van der Waals surface area contributed by atoms with Crippen molar-refractivity contribution >= 4 is 5.96 Å². The lowest BCUT2D eigenvalue weighted by atomic mass is 10.1. The second-order valence-corrected chi connectivity index (χ2v) is 4.90. The van der Waals surface area contributed by atoms with Gasteiger partial charge in [0.05, 0.1) is 0 Å². The molecule has 0 fully saturated rings. The first-order chi connectivity index (χ1) is 8.97. The molecular formula is C14H21F2N3. The molecule has 3 nitrogen and oxygen atoms in total. The Hall–Kier alpha value is -1.65. The largest absolute Gasteiger partial charge is 0.370 e. The van der Waals surface area contributed by atoms with Gasteiger partial charge in [0.25, 0.3) is 0 Å². The first kappa shape index (κ1) is 15.4. The average Bonchev–Trinajstić information content (AvgIpc) is 2.27. The second kappa shape index (κ2) is 7.71. The van der Waals surface area contributed by atoms with Crippen LogP contribution in [0.3, 0.4) is 0 Å². The van der Waals surface area contributed by atoms with E-state index in [1.807, 2.05) is 0 Å². The SMILES string of the molecule is CC(C)CCN=C(N)NCCc1cc(F)cc(F)c1. The molecule has 1 rings (SSSR count). The molecule has 0 aliphatic rings. The molecule has 0 bridgehead atoms. The van der Waals surface area contributed by atoms with E-state index in [9.17, 15) is 8.78 Å². The monoisotopic (exact) mass is 269 g/mol. The smallest absolute Gasteiger partial charge is 0.188 e. The van der Waals surface area contributed by atoms with E-state index in [-0.39, 0.29) is 0 Å². The van der Waals surface area contributed by atoms with Crippen LogP contribution in [-0.4, -0.2) is 19.0 Å². The molecule has 0 radical (unpaired) electrons. The number of hydrogen-bond donors (Lipinski definition) is 2. The lowest BCUT2D eigenvalue weighted by Gasteiger charge is -2.07. The lowest BCUT2D eigenvalue weighted by molar-refractivity contribution is 0.579. The Morgan fingerprint density at radius 1 is 1.26 bits per heavy atom. The normalized spacial score (nSPS) is 11.9. The molecule has 0 aliphatic heterocycles. The standard InChI is InChI=1S/C14H21F2N3/c1-10(2)3-5-18-14(17)19-6-4-11-7-12(15)9-13(16)8-11/h7-10H,3-6H2,1-2H3,(H3,17,18,19). The molecule has 0 saturated heterocycles. The third-order valence-corrected chi connectivity index (χ3v) is 2.63. The molecule has 3 N–H and O–H groups in total. The van der Waals surface area contributed by atoms with Crippen LogP contribution in [0.4, 0.5) is 8.78 Å². The van der Waals surface area contributed by atoms with Gasteiger partial charge in [-0.1, -0.05) is 13.8 Å². The Balaban J connectivity index is 2.33. The minimum absolute atomic E-state index is 0.373. The van der Waals surface area contributed by atoms with E-state index in [0.29, 0.717) is 37.0 Å². The van der Waals surface area contributed by atoms with E-state index in [4.69, 9.17) is 5.73 Å². The third-order valence-electron chi connectivity index (χ3n) is 2.63. The van der Waals surface area contributed by atoms with Crippen molar-refractivity contribution in [3.63, 3.8) is 0 Å². The Morgan fingerprint density at radius 2 is 1.89 bits per heavy atom. The Labute approximate surface area is 112 Å².